The minimum absolute atomic E-state index is 0.00269. The Morgan fingerprint density at radius 1 is 1.23 bits per heavy atom. The highest BCUT2D eigenvalue weighted by Crippen LogP contribution is 2.30. The number of anilines is 1. The molecule has 0 amide bonds. The van der Waals surface area contributed by atoms with Gasteiger partial charge in [0.1, 0.15) is 18.3 Å². The van der Waals surface area contributed by atoms with E-state index in [1.165, 1.54) is 6.20 Å². The Bertz CT molecular complexity index is 890. The van der Waals surface area contributed by atoms with Crippen molar-refractivity contribution in [2.24, 2.45) is 5.92 Å². The topological polar surface area (TPSA) is 146 Å². The fraction of sp³-hybridized carbons (Fsp3) is 0.500. The van der Waals surface area contributed by atoms with Gasteiger partial charge in [0, 0.05) is 11.8 Å². The maximum atomic E-state index is 12.4. The molecule has 5 N–H and O–H groups in total. The van der Waals surface area contributed by atoms with E-state index < -0.39 is 36.8 Å². The molecule has 10 nitrogen and oxygen atoms in total. The number of hydrogen-bond donors (Lipinski definition) is 5. The number of nitrogens with one attached hydrogen (secondary N) is 1. The molecule has 0 spiro atoms. The number of hydrogen-bond acceptors (Lipinski definition) is 9. The second-order valence-electron chi connectivity index (χ2n) is 7.53. The standard InChI is InChI=1S/C20H27N3O7/c1-11(2)17(12-6-4-3-5-7-12)29-10-13-8-23(20(27)21-18(13)22-28)19-16(26)15(25)14(9-24)30-19/h3-8,11,14-17,19,24-26,28H,9-10H2,1-2H3,(H,21,22,27)/t14-,15-,16-,17?,19-/m1/s1. The van der Waals surface area contributed by atoms with Gasteiger partial charge in [0.25, 0.3) is 0 Å². The van der Waals surface area contributed by atoms with Crippen molar-refractivity contribution in [3.05, 3.63) is 58.1 Å². The van der Waals surface area contributed by atoms with E-state index in [1.807, 2.05) is 49.7 Å². The zero-order valence-corrected chi connectivity index (χ0v) is 16.8. The van der Waals surface area contributed by atoms with Gasteiger partial charge in [-0.3, -0.25) is 15.3 Å². The molecule has 0 radical (unpaired) electrons. The van der Waals surface area contributed by atoms with Crippen LogP contribution in [0.3, 0.4) is 0 Å². The van der Waals surface area contributed by atoms with Crippen molar-refractivity contribution in [2.75, 3.05) is 12.1 Å². The summed E-state index contributed by atoms with van der Waals surface area (Å²) >= 11 is 0. The third-order valence-electron chi connectivity index (χ3n) is 5.08. The second kappa shape index (κ2) is 9.65. The fourth-order valence-corrected chi connectivity index (χ4v) is 3.50. The SMILES string of the molecule is CC(C)C(OCc1cn([C@@H]2O[C@H](CO)[C@@H](O)[C@H]2O)c(=O)nc1NO)c1ccccc1. The molecule has 3 rings (SSSR count). The first-order valence-electron chi connectivity index (χ1n) is 9.68. The molecule has 5 atom stereocenters. The molecule has 10 heteroatoms. The summed E-state index contributed by atoms with van der Waals surface area (Å²) in [5.41, 5.74) is 2.40. The van der Waals surface area contributed by atoms with Crippen LogP contribution in [0.5, 0.6) is 0 Å². The minimum Gasteiger partial charge on any atom is -0.394 e. The lowest BCUT2D eigenvalue weighted by atomic mass is 9.99. The summed E-state index contributed by atoms with van der Waals surface area (Å²) in [6, 6.07) is 9.65. The zero-order valence-electron chi connectivity index (χ0n) is 16.8. The summed E-state index contributed by atoms with van der Waals surface area (Å²) in [6.45, 7) is 3.52. The largest absolute Gasteiger partial charge is 0.394 e. The summed E-state index contributed by atoms with van der Waals surface area (Å²) in [5, 5.41) is 38.9. The van der Waals surface area contributed by atoms with Crippen molar-refractivity contribution in [1.82, 2.24) is 9.55 Å². The maximum absolute atomic E-state index is 12.4. The molecule has 1 unspecified atom stereocenters. The van der Waals surface area contributed by atoms with E-state index in [-0.39, 0.29) is 24.4 Å². The van der Waals surface area contributed by atoms with Gasteiger partial charge >= 0.3 is 5.69 Å². The Balaban J connectivity index is 1.87. The van der Waals surface area contributed by atoms with Gasteiger partial charge < -0.3 is 24.8 Å². The van der Waals surface area contributed by atoms with Crippen molar-refractivity contribution in [2.45, 2.75) is 51.1 Å². The van der Waals surface area contributed by atoms with Gasteiger partial charge in [0.15, 0.2) is 12.0 Å². The number of nitrogens with zero attached hydrogens (tertiary/aromatic N) is 2. The van der Waals surface area contributed by atoms with Crippen molar-refractivity contribution >= 4 is 5.82 Å². The molecule has 0 aliphatic carbocycles. The highest BCUT2D eigenvalue weighted by Gasteiger charge is 2.44. The van der Waals surface area contributed by atoms with Crippen LogP contribution in [0.4, 0.5) is 5.82 Å². The molecule has 2 aromatic rings. The molecular formula is C20H27N3O7. The van der Waals surface area contributed by atoms with Crippen LogP contribution in [0.2, 0.25) is 0 Å². The van der Waals surface area contributed by atoms with Gasteiger partial charge in [-0.25, -0.2) is 4.79 Å². The van der Waals surface area contributed by atoms with Crippen LogP contribution in [0.15, 0.2) is 41.3 Å². The van der Waals surface area contributed by atoms with E-state index in [0.29, 0.717) is 5.56 Å². The Morgan fingerprint density at radius 2 is 1.93 bits per heavy atom. The first-order valence-corrected chi connectivity index (χ1v) is 9.68. The van der Waals surface area contributed by atoms with Gasteiger partial charge in [-0.1, -0.05) is 44.2 Å². The van der Waals surface area contributed by atoms with Gasteiger partial charge in [0.05, 0.1) is 19.3 Å². The number of aliphatic hydroxyl groups is 3. The number of aromatic nitrogens is 2. The molecule has 164 valence electrons. The normalized spacial score (nSPS) is 24.9. The van der Waals surface area contributed by atoms with Crippen molar-refractivity contribution in [1.29, 1.82) is 0 Å². The maximum Gasteiger partial charge on any atom is 0.351 e. The van der Waals surface area contributed by atoms with E-state index in [9.17, 15) is 25.3 Å². The van der Waals surface area contributed by atoms with Crippen LogP contribution in [0.25, 0.3) is 0 Å². The predicted molar refractivity (Wildman–Crippen MR) is 106 cm³/mol. The van der Waals surface area contributed by atoms with Crippen LogP contribution >= 0.6 is 0 Å². The first-order chi connectivity index (χ1) is 14.4. The monoisotopic (exact) mass is 421 g/mol. The quantitative estimate of drug-likeness (QED) is 0.386. The summed E-state index contributed by atoms with van der Waals surface area (Å²) in [5.74, 6) is 0.0656. The summed E-state index contributed by atoms with van der Waals surface area (Å²) in [4.78, 5) is 16.2. The van der Waals surface area contributed by atoms with Crippen molar-refractivity contribution < 1.29 is 30.0 Å². The van der Waals surface area contributed by atoms with Crippen LogP contribution < -0.4 is 11.2 Å². The Kier molecular flexibility index (Phi) is 7.19. The highest BCUT2D eigenvalue weighted by atomic mass is 16.6. The van der Waals surface area contributed by atoms with Gasteiger partial charge in [0.2, 0.25) is 0 Å². The first kappa shape index (κ1) is 22.3. The van der Waals surface area contributed by atoms with E-state index >= 15 is 0 Å². The molecule has 2 heterocycles. The molecule has 1 fully saturated rings. The van der Waals surface area contributed by atoms with Crippen molar-refractivity contribution in [3.8, 4) is 0 Å². The average molecular weight is 421 g/mol. The third kappa shape index (κ3) is 4.53. The minimum atomic E-state index is -1.43. The Labute approximate surface area is 173 Å². The Morgan fingerprint density at radius 3 is 2.50 bits per heavy atom. The van der Waals surface area contributed by atoms with Crippen LogP contribution in [0, 0.1) is 5.92 Å². The lowest BCUT2D eigenvalue weighted by molar-refractivity contribution is -0.0554. The van der Waals surface area contributed by atoms with Crippen LogP contribution in [-0.4, -0.2) is 55.0 Å². The predicted octanol–water partition coefficient (Wildman–Crippen LogP) is 0.570. The molecule has 0 bridgehead atoms. The fourth-order valence-electron chi connectivity index (χ4n) is 3.50. The number of benzene rings is 1. The molecule has 0 saturated carbocycles. The number of rotatable bonds is 8. The average Bonchev–Trinajstić information content (AvgIpc) is 3.03. The van der Waals surface area contributed by atoms with Gasteiger partial charge in [-0.2, -0.15) is 4.98 Å². The number of ether oxygens (including phenoxy) is 2. The molecule has 1 aromatic heterocycles. The zero-order chi connectivity index (χ0) is 21.8. The summed E-state index contributed by atoms with van der Waals surface area (Å²) in [6.07, 6.45) is -3.96. The molecule has 1 aliphatic heterocycles. The second-order valence-corrected chi connectivity index (χ2v) is 7.53. The van der Waals surface area contributed by atoms with Gasteiger partial charge in [-0.05, 0) is 11.5 Å². The van der Waals surface area contributed by atoms with E-state index in [2.05, 4.69) is 4.98 Å². The molecule has 1 saturated heterocycles. The molecule has 1 aromatic carbocycles. The molecule has 1 aliphatic rings. The highest BCUT2D eigenvalue weighted by molar-refractivity contribution is 5.39. The van der Waals surface area contributed by atoms with Crippen LogP contribution in [-0.2, 0) is 16.1 Å². The third-order valence-corrected chi connectivity index (χ3v) is 5.08. The number of aliphatic hydroxyl groups excluding tert-OH is 3. The van der Waals surface area contributed by atoms with Crippen LogP contribution in [0.1, 0.15) is 37.3 Å². The van der Waals surface area contributed by atoms with E-state index in [0.717, 1.165) is 10.1 Å². The molecule has 30 heavy (non-hydrogen) atoms. The van der Waals surface area contributed by atoms with E-state index in [4.69, 9.17) is 9.47 Å². The summed E-state index contributed by atoms with van der Waals surface area (Å²) < 4.78 is 12.5. The van der Waals surface area contributed by atoms with Crippen molar-refractivity contribution in [3.63, 3.8) is 0 Å². The lowest BCUT2D eigenvalue weighted by Gasteiger charge is -2.23. The van der Waals surface area contributed by atoms with Gasteiger partial charge in [-0.15, -0.1) is 0 Å². The lowest BCUT2D eigenvalue weighted by Crippen LogP contribution is -2.36. The molecular weight excluding hydrogens is 394 g/mol. The smallest absolute Gasteiger partial charge is 0.351 e. The van der Waals surface area contributed by atoms with E-state index in [1.54, 1.807) is 0 Å². The summed E-state index contributed by atoms with van der Waals surface area (Å²) in [7, 11) is 0. The Hall–Kier alpha value is -2.34.